The summed E-state index contributed by atoms with van der Waals surface area (Å²) in [6, 6.07) is 7.42. The number of carbonyl (C=O) groups excluding carboxylic acids is 2. The number of benzene rings is 2. The van der Waals surface area contributed by atoms with Crippen molar-refractivity contribution in [3.63, 3.8) is 0 Å². The number of aromatic nitrogens is 6. The van der Waals surface area contributed by atoms with Crippen LogP contribution in [-0.4, -0.2) is 61.4 Å². The number of imidazole rings is 1. The number of H-pyrrole nitrogens is 1. The number of amides is 1. The summed E-state index contributed by atoms with van der Waals surface area (Å²) in [5.74, 6) is -0.495. The highest BCUT2D eigenvalue weighted by Gasteiger charge is 2.39. The number of nitrogens with zero attached hydrogens (tertiary/aromatic N) is 5. The zero-order valence-electron chi connectivity index (χ0n) is 23.4. The van der Waals surface area contributed by atoms with Gasteiger partial charge in [0.2, 0.25) is 5.91 Å². The predicted octanol–water partition coefficient (Wildman–Crippen LogP) is 5.21. The molecule has 11 nitrogen and oxygen atoms in total. The van der Waals surface area contributed by atoms with E-state index in [2.05, 4.69) is 36.1 Å². The molecule has 2 aromatic carbocycles. The van der Waals surface area contributed by atoms with Crippen LogP contribution in [0.5, 0.6) is 0 Å². The fourth-order valence-corrected chi connectivity index (χ4v) is 5.13. The molecule has 2 aromatic heterocycles. The van der Waals surface area contributed by atoms with Crippen LogP contribution in [-0.2, 0) is 20.7 Å². The van der Waals surface area contributed by atoms with E-state index in [9.17, 15) is 22.8 Å². The average Bonchev–Trinajstić information content (AvgIpc) is 3.69. The van der Waals surface area contributed by atoms with E-state index in [1.54, 1.807) is 36.4 Å². The average molecular weight is 629 g/mol. The number of anilines is 1. The van der Waals surface area contributed by atoms with Gasteiger partial charge >= 0.3 is 12.1 Å². The molecule has 3 N–H and O–H groups in total. The van der Waals surface area contributed by atoms with Gasteiger partial charge in [0.15, 0.2) is 0 Å². The number of methoxy groups -OCH3 is 1. The quantitative estimate of drug-likeness (QED) is 0.195. The maximum atomic E-state index is 14.1. The molecule has 44 heavy (non-hydrogen) atoms. The number of fused-ring (bicyclic) bond motifs is 4. The van der Waals surface area contributed by atoms with E-state index in [1.165, 1.54) is 36.5 Å². The second-order valence-electron chi connectivity index (χ2n) is 10.2. The highest BCUT2D eigenvalue weighted by molar-refractivity contribution is 6.30. The number of alkyl halides is 3. The van der Waals surface area contributed by atoms with Gasteiger partial charge in [-0.3, -0.25) is 9.59 Å². The molecule has 15 heteroatoms. The summed E-state index contributed by atoms with van der Waals surface area (Å²) < 4.78 is 48.3. The summed E-state index contributed by atoms with van der Waals surface area (Å²) in [7, 11) is 1.25. The molecule has 2 atom stereocenters. The molecule has 0 aliphatic carbocycles. The van der Waals surface area contributed by atoms with Gasteiger partial charge in [-0.1, -0.05) is 36.6 Å². The predicted molar refractivity (Wildman–Crippen MR) is 156 cm³/mol. The number of rotatable bonds is 6. The molecule has 3 heterocycles. The molecule has 5 rings (SSSR count). The molecule has 0 radical (unpaired) electrons. The molecule has 0 saturated carbocycles. The molecule has 4 aromatic rings. The molecule has 0 unspecified atom stereocenters. The second-order valence-corrected chi connectivity index (χ2v) is 10.6. The summed E-state index contributed by atoms with van der Waals surface area (Å²) >= 11 is 6.17. The third-order valence-electron chi connectivity index (χ3n) is 7.15. The lowest BCUT2D eigenvalue weighted by Gasteiger charge is -2.25. The molecule has 1 amide bonds. The van der Waals surface area contributed by atoms with Gasteiger partial charge in [0.25, 0.3) is 0 Å². The second kappa shape index (κ2) is 13.3. The van der Waals surface area contributed by atoms with Crippen LogP contribution in [0.25, 0.3) is 23.0 Å². The molecule has 2 bridgehead atoms. The Labute approximate surface area is 254 Å². The highest BCUT2D eigenvalue weighted by Crippen LogP contribution is 2.35. The van der Waals surface area contributed by atoms with Crippen molar-refractivity contribution in [1.29, 1.82) is 0 Å². The molecule has 230 valence electrons. The van der Waals surface area contributed by atoms with Crippen molar-refractivity contribution in [2.45, 2.75) is 50.4 Å². The molecular weight excluding hydrogens is 601 g/mol. The van der Waals surface area contributed by atoms with Gasteiger partial charge in [-0.25, -0.2) is 4.98 Å². The summed E-state index contributed by atoms with van der Waals surface area (Å²) in [5, 5.41) is 17.2. The largest absolute Gasteiger partial charge is 0.469 e. The number of nitrogens with one attached hydrogen (secondary N) is 3. The number of hydrogen-bond donors (Lipinski definition) is 3. The van der Waals surface area contributed by atoms with Crippen LogP contribution in [0.1, 0.15) is 48.7 Å². The Bertz CT molecular complexity index is 1660. The summed E-state index contributed by atoms with van der Waals surface area (Å²) in [6.45, 7) is 0. The van der Waals surface area contributed by atoms with Crippen molar-refractivity contribution in [2.24, 2.45) is 0 Å². The summed E-state index contributed by atoms with van der Waals surface area (Å²) in [5.41, 5.74) is 2.78. The smallest absolute Gasteiger partial charge is 0.408 e. The van der Waals surface area contributed by atoms with E-state index in [0.29, 0.717) is 51.8 Å². The Morgan fingerprint density at radius 3 is 2.75 bits per heavy atom. The van der Waals surface area contributed by atoms with Crippen LogP contribution < -0.4 is 10.6 Å². The topological polar surface area (TPSA) is 140 Å². The molecule has 1 aliphatic rings. The Morgan fingerprint density at radius 2 is 2.00 bits per heavy atom. The van der Waals surface area contributed by atoms with Gasteiger partial charge in [-0.05, 0) is 59.2 Å². The molecular formula is C29H28ClF3N8O3. The van der Waals surface area contributed by atoms with Crippen LogP contribution in [0, 0.1) is 0 Å². The lowest BCUT2D eigenvalue weighted by molar-refractivity contribution is -0.144. The minimum Gasteiger partial charge on any atom is -0.469 e. The Balaban J connectivity index is 1.42. The first kappa shape index (κ1) is 30.7. The molecule has 0 fully saturated rings. The summed E-state index contributed by atoms with van der Waals surface area (Å²) in [4.78, 5) is 32.5. The van der Waals surface area contributed by atoms with E-state index in [4.69, 9.17) is 16.3 Å². The van der Waals surface area contributed by atoms with Crippen molar-refractivity contribution in [3.05, 3.63) is 77.0 Å². The van der Waals surface area contributed by atoms with E-state index < -0.39 is 30.1 Å². The normalized spacial score (nSPS) is 17.2. The summed E-state index contributed by atoms with van der Waals surface area (Å²) in [6.07, 6.45) is 2.03. The number of aromatic amines is 1. The molecule has 0 saturated heterocycles. The maximum Gasteiger partial charge on any atom is 0.408 e. The van der Waals surface area contributed by atoms with Crippen molar-refractivity contribution in [2.75, 3.05) is 12.4 Å². The fourth-order valence-electron chi connectivity index (χ4n) is 4.95. The standard InChI is InChI=1S/C29H28ClF3N8O3/c1-44-27(43)13-17-6-9-20-22(12-17)36-25(29(31,32)33)5-3-2-4-21(28-34-15-23(20)38-28)37-26(42)11-7-18-14-19(30)8-10-24(18)41-16-35-39-40-41/h6-12,14-16,21,25,36H,2-5,13H2,1H3,(H,34,38)(H,37,42)/b11-7+/t21-,25-/m0/s1. The Kier molecular flexibility index (Phi) is 9.28. The number of tetrazole rings is 1. The third kappa shape index (κ3) is 7.43. The van der Waals surface area contributed by atoms with Gasteiger partial charge in [-0.2, -0.15) is 17.9 Å². The van der Waals surface area contributed by atoms with Gasteiger partial charge in [0, 0.05) is 27.9 Å². The van der Waals surface area contributed by atoms with Crippen LogP contribution in [0.3, 0.4) is 0 Å². The van der Waals surface area contributed by atoms with Gasteiger partial charge < -0.3 is 20.4 Å². The van der Waals surface area contributed by atoms with Crippen molar-refractivity contribution >= 4 is 35.2 Å². The zero-order valence-corrected chi connectivity index (χ0v) is 24.2. The molecule has 1 aliphatic heterocycles. The van der Waals surface area contributed by atoms with E-state index >= 15 is 0 Å². The lowest BCUT2D eigenvalue weighted by atomic mass is 10.0. The van der Waals surface area contributed by atoms with Crippen molar-refractivity contribution in [1.82, 2.24) is 35.5 Å². The first-order chi connectivity index (χ1) is 21.1. The lowest BCUT2D eigenvalue weighted by Crippen LogP contribution is -2.36. The fraction of sp³-hybridized carbons (Fsp3) is 0.310. The van der Waals surface area contributed by atoms with Gasteiger partial charge in [-0.15, -0.1) is 5.10 Å². The van der Waals surface area contributed by atoms with Crippen LogP contribution in [0.4, 0.5) is 18.9 Å². The van der Waals surface area contributed by atoms with Crippen LogP contribution in [0.15, 0.2) is 55.0 Å². The van der Waals surface area contributed by atoms with E-state index in [-0.39, 0.29) is 24.9 Å². The van der Waals surface area contributed by atoms with Crippen molar-refractivity contribution in [3.8, 4) is 16.9 Å². The Hall–Kier alpha value is -4.72. The van der Waals surface area contributed by atoms with Crippen LogP contribution in [0.2, 0.25) is 5.02 Å². The number of halogens is 4. The van der Waals surface area contributed by atoms with Gasteiger partial charge in [0.1, 0.15) is 18.2 Å². The zero-order chi connectivity index (χ0) is 31.3. The van der Waals surface area contributed by atoms with Gasteiger partial charge in [0.05, 0.1) is 37.2 Å². The Morgan fingerprint density at radius 1 is 1.18 bits per heavy atom. The third-order valence-corrected chi connectivity index (χ3v) is 7.39. The number of esters is 1. The number of ether oxygens (including phenoxy) is 1. The maximum absolute atomic E-state index is 14.1. The highest BCUT2D eigenvalue weighted by atomic mass is 35.5. The SMILES string of the molecule is COC(=O)Cc1ccc2c(c1)N[C@H](C(F)(F)F)CCCC[C@H](NC(=O)/C=C/c1cc(Cl)ccc1-n1cnnn1)c1ncc-2[nH]1. The first-order valence-electron chi connectivity index (χ1n) is 13.7. The first-order valence-corrected chi connectivity index (χ1v) is 14.1. The monoisotopic (exact) mass is 628 g/mol. The van der Waals surface area contributed by atoms with E-state index in [0.717, 1.165) is 0 Å². The number of carbonyl (C=O) groups is 2. The minimum absolute atomic E-state index is 0.0929. The van der Waals surface area contributed by atoms with Crippen molar-refractivity contribution < 1.29 is 27.5 Å². The minimum atomic E-state index is -4.52. The number of hydrogen-bond acceptors (Lipinski definition) is 8. The molecule has 0 spiro atoms. The van der Waals surface area contributed by atoms with Crippen LogP contribution >= 0.6 is 11.6 Å². The van der Waals surface area contributed by atoms with E-state index in [1.807, 2.05) is 0 Å².